The Kier molecular flexibility index (Phi) is 4.23. The number of nitrogens with two attached hydrogens (primary N) is 1. The summed E-state index contributed by atoms with van der Waals surface area (Å²) in [4.78, 5) is -0.310. The highest BCUT2D eigenvalue weighted by Gasteiger charge is 2.30. The van der Waals surface area contributed by atoms with Gasteiger partial charge in [-0.05, 0) is 18.6 Å². The van der Waals surface area contributed by atoms with Crippen molar-refractivity contribution in [3.8, 4) is 5.75 Å². The Morgan fingerprint density at radius 3 is 2.40 bits per heavy atom. The van der Waals surface area contributed by atoms with Gasteiger partial charge in [0.25, 0.3) is 0 Å². The number of benzene rings is 1. The summed E-state index contributed by atoms with van der Waals surface area (Å²) in [5.41, 5.74) is 0. The summed E-state index contributed by atoms with van der Waals surface area (Å²) in [5.74, 6) is 0.0852. The van der Waals surface area contributed by atoms with Crippen LogP contribution >= 0.6 is 23.2 Å². The van der Waals surface area contributed by atoms with Gasteiger partial charge in [0.1, 0.15) is 21.8 Å². The van der Waals surface area contributed by atoms with Gasteiger partial charge in [-0.15, -0.1) is 0 Å². The van der Waals surface area contributed by atoms with Crippen LogP contribution in [0.4, 0.5) is 0 Å². The predicted octanol–water partition coefficient (Wildman–Crippen LogP) is 1.21. The normalized spacial score (nSPS) is 21.9. The molecule has 1 fully saturated rings. The Bertz CT molecular complexity index is 745. The molecule has 1 atom stereocenters. The molecule has 20 heavy (non-hydrogen) atoms. The highest BCUT2D eigenvalue weighted by atomic mass is 35.5. The van der Waals surface area contributed by atoms with Crippen LogP contribution in [0.1, 0.15) is 6.42 Å². The van der Waals surface area contributed by atoms with Gasteiger partial charge in [0.15, 0.2) is 9.84 Å². The van der Waals surface area contributed by atoms with Crippen LogP contribution in [-0.4, -0.2) is 34.4 Å². The first-order valence-corrected chi connectivity index (χ1v) is 9.60. The fourth-order valence-corrected chi connectivity index (χ4v) is 4.80. The van der Waals surface area contributed by atoms with Crippen molar-refractivity contribution in [2.45, 2.75) is 17.4 Å². The van der Waals surface area contributed by atoms with Crippen molar-refractivity contribution >= 4 is 43.1 Å². The van der Waals surface area contributed by atoms with Crippen molar-refractivity contribution in [1.82, 2.24) is 0 Å². The van der Waals surface area contributed by atoms with E-state index in [0.717, 1.165) is 0 Å². The molecule has 1 aromatic carbocycles. The summed E-state index contributed by atoms with van der Waals surface area (Å²) >= 11 is 11.8. The predicted molar refractivity (Wildman–Crippen MR) is 75.5 cm³/mol. The number of sulfone groups is 1. The third-order valence-electron chi connectivity index (χ3n) is 2.80. The van der Waals surface area contributed by atoms with Crippen molar-refractivity contribution in [2.24, 2.45) is 5.14 Å². The van der Waals surface area contributed by atoms with Gasteiger partial charge < -0.3 is 4.74 Å². The molecule has 1 unspecified atom stereocenters. The molecule has 112 valence electrons. The number of hydrogen-bond acceptors (Lipinski definition) is 5. The zero-order chi connectivity index (χ0) is 15.1. The number of halogens is 2. The molecule has 0 spiro atoms. The third kappa shape index (κ3) is 3.37. The number of sulfonamides is 1. The Morgan fingerprint density at radius 1 is 1.25 bits per heavy atom. The molecule has 0 saturated carbocycles. The first-order valence-electron chi connectivity index (χ1n) is 5.48. The molecular weight excluding hydrogens is 349 g/mol. The largest absolute Gasteiger partial charge is 0.488 e. The van der Waals surface area contributed by atoms with E-state index in [1.54, 1.807) is 0 Å². The Hall–Kier alpha value is -0.540. The summed E-state index contributed by atoms with van der Waals surface area (Å²) in [6.07, 6.45) is -0.165. The van der Waals surface area contributed by atoms with E-state index < -0.39 is 26.0 Å². The molecule has 0 aromatic heterocycles. The lowest BCUT2D eigenvalue weighted by atomic mass is 10.3. The second-order valence-corrected chi connectivity index (χ2v) is 8.89. The number of ether oxygens (including phenoxy) is 1. The SMILES string of the molecule is NS(=O)(=O)c1ccc(OC2CCS(=O)(=O)C2)c(Cl)c1Cl. The fraction of sp³-hybridized carbons (Fsp3) is 0.400. The van der Waals surface area contributed by atoms with Gasteiger partial charge in [-0.25, -0.2) is 22.0 Å². The molecule has 1 aliphatic heterocycles. The van der Waals surface area contributed by atoms with Gasteiger partial charge >= 0.3 is 0 Å². The molecule has 2 rings (SSSR count). The summed E-state index contributed by atoms with van der Waals surface area (Å²) in [6, 6.07) is 2.47. The van der Waals surface area contributed by atoms with E-state index in [1.807, 2.05) is 0 Å². The van der Waals surface area contributed by atoms with E-state index in [2.05, 4.69) is 0 Å². The summed E-state index contributed by atoms with van der Waals surface area (Å²) in [6.45, 7) is 0. The molecular formula is C10H11Cl2NO5S2. The molecule has 0 radical (unpaired) electrons. The molecule has 0 amide bonds. The second-order valence-electron chi connectivity index (χ2n) is 4.38. The van der Waals surface area contributed by atoms with E-state index in [-0.39, 0.29) is 32.2 Å². The van der Waals surface area contributed by atoms with Crippen LogP contribution in [0.15, 0.2) is 17.0 Å². The van der Waals surface area contributed by atoms with E-state index in [4.69, 9.17) is 33.1 Å². The van der Waals surface area contributed by atoms with Crippen LogP contribution in [-0.2, 0) is 19.9 Å². The number of rotatable bonds is 3. The maximum atomic E-state index is 11.3. The molecule has 10 heteroatoms. The maximum absolute atomic E-state index is 11.3. The lowest BCUT2D eigenvalue weighted by Crippen LogP contribution is -2.18. The lowest BCUT2D eigenvalue weighted by molar-refractivity contribution is 0.229. The first-order chi connectivity index (χ1) is 9.10. The Labute approximate surface area is 126 Å². The Balaban J connectivity index is 2.29. The second kappa shape index (κ2) is 5.34. The topological polar surface area (TPSA) is 104 Å². The number of primary sulfonamides is 1. The molecule has 6 nitrogen and oxygen atoms in total. The molecule has 1 saturated heterocycles. The fourth-order valence-electron chi connectivity index (χ4n) is 1.86. The average molecular weight is 360 g/mol. The minimum absolute atomic E-state index is 0.0538. The minimum Gasteiger partial charge on any atom is -0.488 e. The van der Waals surface area contributed by atoms with Crippen LogP contribution in [0, 0.1) is 0 Å². The van der Waals surface area contributed by atoms with Crippen LogP contribution in [0.2, 0.25) is 10.0 Å². The molecule has 0 aliphatic carbocycles. The van der Waals surface area contributed by atoms with Gasteiger partial charge in [0, 0.05) is 0 Å². The van der Waals surface area contributed by atoms with E-state index in [0.29, 0.717) is 6.42 Å². The summed E-state index contributed by atoms with van der Waals surface area (Å²) in [5, 5.41) is 4.63. The van der Waals surface area contributed by atoms with E-state index in [1.165, 1.54) is 12.1 Å². The van der Waals surface area contributed by atoms with Crippen molar-refractivity contribution < 1.29 is 21.6 Å². The monoisotopic (exact) mass is 359 g/mol. The van der Waals surface area contributed by atoms with Crippen molar-refractivity contribution in [3.63, 3.8) is 0 Å². The van der Waals surface area contributed by atoms with Crippen LogP contribution in [0.5, 0.6) is 5.75 Å². The van der Waals surface area contributed by atoms with Crippen LogP contribution < -0.4 is 9.88 Å². The quantitative estimate of drug-likeness (QED) is 0.873. The van der Waals surface area contributed by atoms with Crippen molar-refractivity contribution in [3.05, 3.63) is 22.2 Å². The third-order valence-corrected chi connectivity index (χ3v) is 6.47. The van der Waals surface area contributed by atoms with Gasteiger partial charge in [-0.1, -0.05) is 23.2 Å². The zero-order valence-electron chi connectivity index (χ0n) is 10.0. The standard InChI is InChI=1S/C10H11Cl2NO5S2/c11-9-7(18-6-3-4-19(14,15)5-6)1-2-8(10(9)12)20(13,16)17/h1-2,6H,3-5H2,(H2,13,16,17). The van der Waals surface area contributed by atoms with Crippen LogP contribution in [0.25, 0.3) is 0 Å². The first kappa shape index (κ1) is 15.8. The zero-order valence-corrected chi connectivity index (χ0v) is 13.2. The van der Waals surface area contributed by atoms with Gasteiger partial charge in [-0.2, -0.15) is 0 Å². The molecule has 1 heterocycles. The Morgan fingerprint density at radius 2 is 1.90 bits per heavy atom. The minimum atomic E-state index is -3.99. The number of hydrogen-bond donors (Lipinski definition) is 1. The van der Waals surface area contributed by atoms with Gasteiger partial charge in [0.05, 0.1) is 16.5 Å². The lowest BCUT2D eigenvalue weighted by Gasteiger charge is -2.15. The van der Waals surface area contributed by atoms with Crippen molar-refractivity contribution in [2.75, 3.05) is 11.5 Å². The van der Waals surface area contributed by atoms with Crippen molar-refractivity contribution in [1.29, 1.82) is 0 Å². The van der Waals surface area contributed by atoms with Gasteiger partial charge in [0.2, 0.25) is 10.0 Å². The van der Waals surface area contributed by atoms with Gasteiger partial charge in [-0.3, -0.25) is 0 Å². The van der Waals surface area contributed by atoms with E-state index in [9.17, 15) is 16.8 Å². The highest BCUT2D eigenvalue weighted by molar-refractivity contribution is 7.91. The van der Waals surface area contributed by atoms with E-state index >= 15 is 0 Å². The molecule has 1 aliphatic rings. The highest BCUT2D eigenvalue weighted by Crippen LogP contribution is 2.37. The van der Waals surface area contributed by atoms with Crippen LogP contribution in [0.3, 0.4) is 0 Å². The summed E-state index contributed by atoms with van der Waals surface area (Å²) in [7, 11) is -7.07. The molecule has 1 aromatic rings. The molecule has 0 bridgehead atoms. The summed E-state index contributed by atoms with van der Waals surface area (Å²) < 4.78 is 50.6. The maximum Gasteiger partial charge on any atom is 0.239 e. The molecule has 2 N–H and O–H groups in total. The smallest absolute Gasteiger partial charge is 0.239 e. The average Bonchev–Trinajstić information content (AvgIpc) is 2.63.